The lowest BCUT2D eigenvalue weighted by atomic mass is 10.2. The second kappa shape index (κ2) is 7.19. The Hall–Kier alpha value is -0.130. The van der Waals surface area contributed by atoms with Gasteiger partial charge in [0, 0.05) is 19.8 Å². The van der Waals surface area contributed by atoms with Crippen LogP contribution in [0.15, 0.2) is 0 Å². The first-order chi connectivity index (χ1) is 6.95. The summed E-state index contributed by atoms with van der Waals surface area (Å²) in [5.74, 6) is 0.206. The smallest absolute Gasteiger partial charge is 0.154 e. The molecule has 0 radical (unpaired) electrons. The van der Waals surface area contributed by atoms with Crippen LogP contribution in [0.3, 0.4) is 0 Å². The van der Waals surface area contributed by atoms with E-state index in [0.717, 1.165) is 6.54 Å². The minimum atomic E-state index is -3.00. The molecular weight excluding hydrogens is 214 g/mol. The molecular formula is C10H23NO3S. The second-order valence-corrected chi connectivity index (χ2v) is 6.24. The van der Waals surface area contributed by atoms with Gasteiger partial charge < -0.3 is 10.1 Å². The molecule has 0 aromatic rings. The number of methoxy groups -OCH3 is 1. The zero-order valence-corrected chi connectivity index (χ0v) is 10.9. The first-order valence-electron chi connectivity index (χ1n) is 5.39. The molecule has 0 saturated carbocycles. The molecule has 0 fully saturated rings. The average molecular weight is 237 g/mol. The number of ether oxygens (including phenoxy) is 1. The molecule has 0 spiro atoms. The summed E-state index contributed by atoms with van der Waals surface area (Å²) in [4.78, 5) is 0. The molecule has 0 heterocycles. The molecule has 0 amide bonds. The molecule has 0 rings (SSSR count). The molecule has 4 nitrogen and oxygen atoms in total. The minimum absolute atomic E-state index is 0.00236. The van der Waals surface area contributed by atoms with Crippen molar-refractivity contribution in [2.75, 3.05) is 26.0 Å². The van der Waals surface area contributed by atoms with Crippen molar-refractivity contribution < 1.29 is 13.2 Å². The minimum Gasteiger partial charge on any atom is -0.385 e. The van der Waals surface area contributed by atoms with E-state index < -0.39 is 9.84 Å². The van der Waals surface area contributed by atoms with Crippen molar-refractivity contribution in [2.45, 2.75) is 38.5 Å². The standard InChI is InChI=1S/C10H23NO3S/c1-5-11-9(2)10(3)15(12,13)8-6-7-14-4/h9-11H,5-8H2,1-4H3. The van der Waals surface area contributed by atoms with Crippen LogP contribution in [0.4, 0.5) is 0 Å². The van der Waals surface area contributed by atoms with E-state index in [-0.39, 0.29) is 17.0 Å². The predicted molar refractivity (Wildman–Crippen MR) is 62.9 cm³/mol. The predicted octanol–water partition coefficient (Wildman–Crippen LogP) is 0.824. The first kappa shape index (κ1) is 14.9. The van der Waals surface area contributed by atoms with Crippen molar-refractivity contribution in [1.82, 2.24) is 5.32 Å². The van der Waals surface area contributed by atoms with E-state index in [1.165, 1.54) is 0 Å². The van der Waals surface area contributed by atoms with Gasteiger partial charge in [-0.2, -0.15) is 0 Å². The highest BCUT2D eigenvalue weighted by molar-refractivity contribution is 7.92. The molecule has 92 valence electrons. The monoisotopic (exact) mass is 237 g/mol. The van der Waals surface area contributed by atoms with Crippen LogP contribution in [0.1, 0.15) is 27.2 Å². The van der Waals surface area contributed by atoms with Crippen molar-refractivity contribution in [3.63, 3.8) is 0 Å². The Morgan fingerprint density at radius 3 is 2.40 bits per heavy atom. The van der Waals surface area contributed by atoms with Crippen LogP contribution in [0, 0.1) is 0 Å². The van der Waals surface area contributed by atoms with Crippen molar-refractivity contribution in [1.29, 1.82) is 0 Å². The zero-order chi connectivity index (χ0) is 11.9. The van der Waals surface area contributed by atoms with Gasteiger partial charge in [0.2, 0.25) is 0 Å². The molecule has 0 aromatic heterocycles. The third kappa shape index (κ3) is 5.49. The normalized spacial score (nSPS) is 16.3. The molecule has 15 heavy (non-hydrogen) atoms. The average Bonchev–Trinajstić information content (AvgIpc) is 2.17. The van der Waals surface area contributed by atoms with Crippen LogP contribution in [0.2, 0.25) is 0 Å². The lowest BCUT2D eigenvalue weighted by molar-refractivity contribution is 0.199. The van der Waals surface area contributed by atoms with E-state index in [9.17, 15) is 8.42 Å². The third-order valence-electron chi connectivity index (χ3n) is 2.57. The van der Waals surface area contributed by atoms with Crippen LogP contribution in [0.5, 0.6) is 0 Å². The van der Waals surface area contributed by atoms with E-state index in [0.29, 0.717) is 13.0 Å². The Balaban J connectivity index is 4.19. The summed E-state index contributed by atoms with van der Waals surface area (Å²) in [6.07, 6.45) is 0.571. The Morgan fingerprint density at radius 2 is 1.93 bits per heavy atom. The molecule has 0 aromatic carbocycles. The van der Waals surface area contributed by atoms with Gasteiger partial charge >= 0.3 is 0 Å². The molecule has 0 aliphatic rings. The number of rotatable bonds is 8. The Bertz CT molecular complexity index is 251. The fourth-order valence-corrected chi connectivity index (χ4v) is 3.00. The maximum Gasteiger partial charge on any atom is 0.154 e. The summed E-state index contributed by atoms with van der Waals surface area (Å²) in [6.45, 7) is 6.93. The fourth-order valence-electron chi connectivity index (χ4n) is 1.39. The Labute approximate surface area is 93.3 Å². The Kier molecular flexibility index (Phi) is 7.13. The summed E-state index contributed by atoms with van der Waals surface area (Å²) in [6, 6.07) is 0.00236. The summed E-state index contributed by atoms with van der Waals surface area (Å²) >= 11 is 0. The van der Waals surface area contributed by atoms with E-state index in [1.54, 1.807) is 14.0 Å². The lowest BCUT2D eigenvalue weighted by Crippen LogP contribution is -2.41. The van der Waals surface area contributed by atoms with E-state index in [4.69, 9.17) is 4.74 Å². The van der Waals surface area contributed by atoms with E-state index in [1.807, 2.05) is 13.8 Å². The maximum absolute atomic E-state index is 11.8. The number of nitrogens with one attached hydrogen (secondary N) is 1. The van der Waals surface area contributed by atoms with E-state index >= 15 is 0 Å². The number of hydrogen-bond donors (Lipinski definition) is 1. The molecule has 2 unspecified atom stereocenters. The first-order valence-corrected chi connectivity index (χ1v) is 7.11. The maximum atomic E-state index is 11.8. The molecule has 0 aliphatic carbocycles. The molecule has 0 aliphatic heterocycles. The Morgan fingerprint density at radius 1 is 1.33 bits per heavy atom. The van der Waals surface area contributed by atoms with E-state index in [2.05, 4.69) is 5.32 Å². The van der Waals surface area contributed by atoms with Crippen LogP contribution >= 0.6 is 0 Å². The van der Waals surface area contributed by atoms with Gasteiger partial charge in [-0.1, -0.05) is 6.92 Å². The van der Waals surface area contributed by atoms with Gasteiger partial charge in [-0.25, -0.2) is 8.42 Å². The van der Waals surface area contributed by atoms with Crippen molar-refractivity contribution in [3.05, 3.63) is 0 Å². The highest BCUT2D eigenvalue weighted by Crippen LogP contribution is 2.08. The van der Waals surface area contributed by atoms with Crippen LogP contribution in [0.25, 0.3) is 0 Å². The summed E-state index contributed by atoms with van der Waals surface area (Å²) in [5, 5.41) is 2.79. The van der Waals surface area contributed by atoms with Gasteiger partial charge in [0.25, 0.3) is 0 Å². The number of sulfone groups is 1. The summed E-state index contributed by atoms with van der Waals surface area (Å²) in [5.41, 5.74) is 0. The van der Waals surface area contributed by atoms with Crippen LogP contribution in [-0.2, 0) is 14.6 Å². The second-order valence-electron chi connectivity index (χ2n) is 3.76. The molecule has 0 bridgehead atoms. The van der Waals surface area contributed by atoms with Crippen molar-refractivity contribution >= 4 is 9.84 Å². The third-order valence-corrected chi connectivity index (χ3v) is 4.97. The largest absolute Gasteiger partial charge is 0.385 e. The van der Waals surface area contributed by atoms with Crippen molar-refractivity contribution in [2.24, 2.45) is 0 Å². The van der Waals surface area contributed by atoms with Gasteiger partial charge in [-0.15, -0.1) is 0 Å². The van der Waals surface area contributed by atoms with Crippen molar-refractivity contribution in [3.8, 4) is 0 Å². The van der Waals surface area contributed by atoms with Crippen LogP contribution < -0.4 is 5.32 Å². The molecule has 2 atom stereocenters. The fraction of sp³-hybridized carbons (Fsp3) is 1.00. The quantitative estimate of drug-likeness (QED) is 0.635. The summed E-state index contributed by atoms with van der Waals surface area (Å²) < 4.78 is 28.5. The number of hydrogen-bond acceptors (Lipinski definition) is 4. The van der Waals surface area contributed by atoms with Gasteiger partial charge in [-0.3, -0.25) is 0 Å². The van der Waals surface area contributed by atoms with Gasteiger partial charge in [0.05, 0.1) is 11.0 Å². The summed E-state index contributed by atoms with van der Waals surface area (Å²) in [7, 11) is -1.42. The zero-order valence-electron chi connectivity index (χ0n) is 10.1. The van der Waals surface area contributed by atoms with Gasteiger partial charge in [0.15, 0.2) is 9.84 Å². The SMILES string of the molecule is CCNC(C)C(C)S(=O)(=O)CCCOC. The molecule has 5 heteroatoms. The van der Waals surface area contributed by atoms with Gasteiger partial charge in [0.1, 0.15) is 0 Å². The molecule has 1 N–H and O–H groups in total. The topological polar surface area (TPSA) is 55.4 Å². The molecule has 0 saturated heterocycles. The lowest BCUT2D eigenvalue weighted by Gasteiger charge is -2.20. The van der Waals surface area contributed by atoms with Crippen LogP contribution in [-0.4, -0.2) is 45.7 Å². The highest BCUT2D eigenvalue weighted by atomic mass is 32.2. The highest BCUT2D eigenvalue weighted by Gasteiger charge is 2.25. The van der Waals surface area contributed by atoms with Gasteiger partial charge in [-0.05, 0) is 26.8 Å².